The minimum atomic E-state index is 1.17. The van der Waals surface area contributed by atoms with Crippen LogP contribution < -0.4 is 0 Å². The molecule has 1 saturated heterocycles. The zero-order valence-corrected chi connectivity index (χ0v) is 7.14. The van der Waals surface area contributed by atoms with E-state index in [1.165, 1.54) is 32.4 Å². The van der Waals surface area contributed by atoms with E-state index in [1.807, 2.05) is 0 Å². The van der Waals surface area contributed by atoms with Crippen LogP contribution in [0.4, 0.5) is 0 Å². The van der Waals surface area contributed by atoms with Crippen molar-refractivity contribution in [2.75, 3.05) is 20.1 Å². The van der Waals surface area contributed by atoms with Gasteiger partial charge in [0.05, 0.1) is 0 Å². The lowest BCUT2D eigenvalue weighted by Gasteiger charge is -2.28. The molecule has 0 aromatic carbocycles. The average molecular weight is 149 g/mol. The molecule has 1 fully saturated rings. The molecule has 0 atom stereocenters. The van der Waals surface area contributed by atoms with E-state index in [2.05, 4.69) is 24.1 Å². The lowest BCUT2D eigenvalue weighted by atomic mass is 9.92. The summed E-state index contributed by atoms with van der Waals surface area (Å²) < 4.78 is 0. The molecule has 1 heterocycles. The van der Waals surface area contributed by atoms with Crippen LogP contribution in [0.25, 0.3) is 0 Å². The zero-order valence-electron chi connectivity index (χ0n) is 7.14. The molecule has 0 aromatic heterocycles. The first-order chi connectivity index (χ1) is 5.36. The summed E-state index contributed by atoms with van der Waals surface area (Å²) in [6, 6.07) is 0. The Morgan fingerprint density at radius 2 is 1.91 bits per heavy atom. The van der Waals surface area contributed by atoms with Gasteiger partial charge >= 0.3 is 0 Å². The molecule has 2 aliphatic rings. The van der Waals surface area contributed by atoms with Crippen molar-refractivity contribution in [2.45, 2.75) is 19.3 Å². The zero-order chi connectivity index (χ0) is 7.68. The number of piperidine rings is 1. The molecule has 0 spiro atoms. The van der Waals surface area contributed by atoms with Gasteiger partial charge in [0.2, 0.25) is 0 Å². The predicted molar refractivity (Wildman–Crippen MR) is 47.5 cm³/mol. The van der Waals surface area contributed by atoms with E-state index in [-0.39, 0.29) is 0 Å². The molecule has 0 radical (unpaired) electrons. The fraction of sp³-hybridized carbons (Fsp3) is 0.600. The van der Waals surface area contributed by atoms with Crippen molar-refractivity contribution in [3.63, 3.8) is 0 Å². The molecule has 0 unspecified atom stereocenters. The summed E-state index contributed by atoms with van der Waals surface area (Å²) in [7, 11) is 2.20. The average Bonchev–Trinajstić information content (AvgIpc) is 2.04. The minimum absolute atomic E-state index is 1.17. The fourth-order valence-corrected chi connectivity index (χ4v) is 1.89. The van der Waals surface area contributed by atoms with Gasteiger partial charge in [0.25, 0.3) is 0 Å². The van der Waals surface area contributed by atoms with Crippen LogP contribution in [-0.4, -0.2) is 25.0 Å². The SMILES string of the molecule is CN1CCC2=CCCC=C2C1. The number of likely N-dealkylation sites (N-methyl/N-ethyl adjacent to an activating group) is 1. The van der Waals surface area contributed by atoms with Gasteiger partial charge in [0, 0.05) is 13.1 Å². The van der Waals surface area contributed by atoms with Gasteiger partial charge in [-0.05, 0) is 37.5 Å². The van der Waals surface area contributed by atoms with Crippen LogP contribution in [0.2, 0.25) is 0 Å². The van der Waals surface area contributed by atoms with E-state index < -0.39 is 0 Å². The van der Waals surface area contributed by atoms with E-state index in [9.17, 15) is 0 Å². The van der Waals surface area contributed by atoms with Crippen LogP contribution in [0.15, 0.2) is 23.3 Å². The fourth-order valence-electron chi connectivity index (χ4n) is 1.89. The van der Waals surface area contributed by atoms with Gasteiger partial charge in [-0.2, -0.15) is 0 Å². The standard InChI is InChI=1S/C10H15N/c1-11-7-6-9-4-2-3-5-10(9)8-11/h4-5H,2-3,6-8H2,1H3. The molecule has 1 aliphatic carbocycles. The molecule has 1 nitrogen and oxygen atoms in total. The Kier molecular flexibility index (Phi) is 1.82. The molecule has 1 aliphatic heterocycles. The minimum Gasteiger partial charge on any atom is -0.302 e. The Morgan fingerprint density at radius 3 is 2.73 bits per heavy atom. The lowest BCUT2D eigenvalue weighted by Crippen LogP contribution is -2.29. The third-order valence-corrected chi connectivity index (χ3v) is 2.56. The van der Waals surface area contributed by atoms with Crippen LogP contribution >= 0.6 is 0 Å². The molecule has 0 N–H and O–H groups in total. The summed E-state index contributed by atoms with van der Waals surface area (Å²) in [4.78, 5) is 2.40. The quantitative estimate of drug-likeness (QED) is 0.509. The van der Waals surface area contributed by atoms with Crippen molar-refractivity contribution in [1.29, 1.82) is 0 Å². The van der Waals surface area contributed by atoms with Crippen molar-refractivity contribution in [1.82, 2.24) is 4.90 Å². The number of hydrogen-bond acceptors (Lipinski definition) is 1. The van der Waals surface area contributed by atoms with Crippen LogP contribution in [0.1, 0.15) is 19.3 Å². The van der Waals surface area contributed by atoms with Crippen LogP contribution in [0.3, 0.4) is 0 Å². The highest BCUT2D eigenvalue weighted by Crippen LogP contribution is 2.25. The Balaban J connectivity index is 2.16. The highest BCUT2D eigenvalue weighted by Gasteiger charge is 2.16. The summed E-state index contributed by atoms with van der Waals surface area (Å²) in [6.45, 7) is 2.41. The van der Waals surface area contributed by atoms with E-state index in [4.69, 9.17) is 0 Å². The molecule has 0 bridgehead atoms. The molecule has 0 saturated carbocycles. The van der Waals surface area contributed by atoms with E-state index in [0.717, 1.165) is 0 Å². The number of hydrogen-bond donors (Lipinski definition) is 0. The summed E-state index contributed by atoms with van der Waals surface area (Å²) >= 11 is 0. The summed E-state index contributed by atoms with van der Waals surface area (Å²) in [5.74, 6) is 0. The van der Waals surface area contributed by atoms with Gasteiger partial charge in [-0.3, -0.25) is 0 Å². The van der Waals surface area contributed by atoms with Crippen LogP contribution in [-0.2, 0) is 0 Å². The van der Waals surface area contributed by atoms with Gasteiger partial charge in [-0.15, -0.1) is 0 Å². The van der Waals surface area contributed by atoms with Crippen LogP contribution in [0, 0.1) is 0 Å². The first kappa shape index (κ1) is 7.11. The van der Waals surface area contributed by atoms with Gasteiger partial charge in [-0.1, -0.05) is 12.2 Å². The molecular weight excluding hydrogens is 134 g/mol. The van der Waals surface area contributed by atoms with E-state index in [0.29, 0.717) is 0 Å². The molecule has 60 valence electrons. The molecule has 11 heavy (non-hydrogen) atoms. The number of nitrogens with zero attached hydrogens (tertiary/aromatic N) is 1. The number of allylic oxidation sites excluding steroid dienone is 2. The van der Waals surface area contributed by atoms with E-state index >= 15 is 0 Å². The van der Waals surface area contributed by atoms with Crippen molar-refractivity contribution >= 4 is 0 Å². The summed E-state index contributed by atoms with van der Waals surface area (Å²) in [5, 5.41) is 0. The third-order valence-electron chi connectivity index (χ3n) is 2.56. The van der Waals surface area contributed by atoms with Gasteiger partial charge in [0.15, 0.2) is 0 Å². The highest BCUT2D eigenvalue weighted by atomic mass is 15.1. The first-order valence-corrected chi connectivity index (χ1v) is 4.43. The summed E-state index contributed by atoms with van der Waals surface area (Å²) in [5.41, 5.74) is 3.21. The summed E-state index contributed by atoms with van der Waals surface area (Å²) in [6.07, 6.45) is 8.62. The second kappa shape index (κ2) is 2.82. The second-order valence-corrected chi connectivity index (χ2v) is 3.52. The molecule has 0 aromatic rings. The Labute approximate surface area is 68.4 Å². The monoisotopic (exact) mass is 149 g/mol. The predicted octanol–water partition coefficient (Wildman–Crippen LogP) is 1.97. The highest BCUT2D eigenvalue weighted by molar-refractivity contribution is 5.36. The topological polar surface area (TPSA) is 3.24 Å². The van der Waals surface area contributed by atoms with Crippen molar-refractivity contribution < 1.29 is 0 Å². The van der Waals surface area contributed by atoms with Crippen LogP contribution in [0.5, 0.6) is 0 Å². The largest absolute Gasteiger partial charge is 0.302 e. The maximum atomic E-state index is 2.42. The maximum Gasteiger partial charge on any atom is 0.0230 e. The van der Waals surface area contributed by atoms with Crippen molar-refractivity contribution in [2.24, 2.45) is 0 Å². The third kappa shape index (κ3) is 1.38. The molecule has 0 amide bonds. The van der Waals surface area contributed by atoms with Crippen molar-refractivity contribution in [3.05, 3.63) is 23.3 Å². The number of rotatable bonds is 0. The molecule has 1 heteroatoms. The Morgan fingerprint density at radius 1 is 1.18 bits per heavy atom. The normalized spacial score (nSPS) is 25.5. The van der Waals surface area contributed by atoms with E-state index in [1.54, 1.807) is 11.1 Å². The van der Waals surface area contributed by atoms with Gasteiger partial charge in [0.1, 0.15) is 0 Å². The Hall–Kier alpha value is -0.560. The van der Waals surface area contributed by atoms with Gasteiger partial charge in [-0.25, -0.2) is 0 Å². The van der Waals surface area contributed by atoms with Crippen molar-refractivity contribution in [3.8, 4) is 0 Å². The lowest BCUT2D eigenvalue weighted by molar-refractivity contribution is 0.346. The number of likely N-dealkylation sites (tertiary alicyclic amines) is 1. The van der Waals surface area contributed by atoms with Gasteiger partial charge < -0.3 is 4.90 Å². The number of fused-ring (bicyclic) bond motifs is 1. The maximum absolute atomic E-state index is 2.42. The second-order valence-electron chi connectivity index (χ2n) is 3.52. The Bertz CT molecular complexity index is 213. The first-order valence-electron chi connectivity index (χ1n) is 4.43. The smallest absolute Gasteiger partial charge is 0.0230 e. The molecular formula is C10H15N. The molecule has 2 rings (SSSR count).